The summed E-state index contributed by atoms with van der Waals surface area (Å²) >= 11 is 0. The molecule has 0 spiro atoms. The molecule has 0 bridgehead atoms. The van der Waals surface area contributed by atoms with Crippen LogP contribution in [0.25, 0.3) is 11.1 Å². The van der Waals surface area contributed by atoms with Crippen LogP contribution in [0.4, 0.5) is 31.1 Å². The molecule has 4 rings (SSSR count). The Balaban J connectivity index is 1.36. The summed E-state index contributed by atoms with van der Waals surface area (Å²) in [4.78, 5) is 23.9. The smallest absolute Gasteiger partial charge is 0.449 e. The number of hydrogen-bond donors (Lipinski definition) is 1. The van der Waals surface area contributed by atoms with E-state index in [2.05, 4.69) is 10.1 Å². The zero-order valence-corrected chi connectivity index (χ0v) is 18.2. The Bertz CT molecular complexity index is 1070. The van der Waals surface area contributed by atoms with E-state index in [4.69, 9.17) is 4.74 Å². The molecule has 0 unspecified atom stereocenters. The summed E-state index contributed by atoms with van der Waals surface area (Å²) in [5, 5.41) is 2.27. The van der Waals surface area contributed by atoms with Gasteiger partial charge in [0.15, 0.2) is 0 Å². The maximum Gasteiger partial charge on any atom is 0.453 e. The number of benzene rings is 2. The van der Waals surface area contributed by atoms with E-state index in [0.29, 0.717) is 7.05 Å². The van der Waals surface area contributed by atoms with Crippen LogP contribution in [-0.4, -0.2) is 61.3 Å². The van der Waals surface area contributed by atoms with Crippen molar-refractivity contribution in [3.63, 3.8) is 0 Å². The zero-order valence-electron chi connectivity index (χ0n) is 18.2. The van der Waals surface area contributed by atoms with Gasteiger partial charge in [-0.2, -0.15) is 26.3 Å². The number of halogens is 6. The summed E-state index contributed by atoms with van der Waals surface area (Å²) in [6.45, 7) is -0.441. The van der Waals surface area contributed by atoms with E-state index >= 15 is 0 Å². The van der Waals surface area contributed by atoms with Crippen LogP contribution >= 0.6 is 0 Å². The second-order valence-corrected chi connectivity index (χ2v) is 8.23. The standard InChI is InChI=1S/C23H20F6N2O4/c1-31-18(19(32)35-21(31,22(24,25)26)23(27,28)29)10-11-30-20(33)34-12-17-15-8-4-2-6-13(15)14-7-3-5-9-16(14)17/h2-9,17-18H,10-12H2,1H3,(H,30,33)/t18-/m0/s1. The number of likely N-dealkylation sites (N-methyl/N-ethyl adjacent to an activating group) is 1. The lowest BCUT2D eigenvalue weighted by molar-refractivity contribution is -0.398. The molecule has 6 nitrogen and oxygen atoms in total. The third kappa shape index (κ3) is 4.09. The number of amides is 1. The van der Waals surface area contributed by atoms with Gasteiger partial charge in [0.05, 0.1) is 0 Å². The molecule has 12 heteroatoms. The van der Waals surface area contributed by atoms with Gasteiger partial charge in [0.25, 0.3) is 0 Å². The molecular formula is C23H20F6N2O4. The van der Waals surface area contributed by atoms with Crippen molar-refractivity contribution in [2.45, 2.75) is 36.5 Å². The van der Waals surface area contributed by atoms with Crippen molar-refractivity contribution < 1.29 is 45.4 Å². The fourth-order valence-electron chi connectivity index (χ4n) is 4.61. The first-order valence-corrected chi connectivity index (χ1v) is 10.6. The van der Waals surface area contributed by atoms with Crippen LogP contribution in [0.5, 0.6) is 0 Å². The van der Waals surface area contributed by atoms with Gasteiger partial charge < -0.3 is 14.8 Å². The number of alkyl halides is 6. The molecule has 1 atom stereocenters. The van der Waals surface area contributed by atoms with Gasteiger partial charge in [-0.25, -0.2) is 9.69 Å². The second-order valence-electron chi connectivity index (χ2n) is 8.23. The van der Waals surface area contributed by atoms with Crippen LogP contribution in [0, 0.1) is 0 Å². The number of alkyl carbamates (subject to hydrolysis) is 1. The number of cyclic esters (lactones) is 1. The summed E-state index contributed by atoms with van der Waals surface area (Å²) < 4.78 is 88.8. The number of hydrogen-bond acceptors (Lipinski definition) is 5. The molecule has 1 aliphatic carbocycles. The van der Waals surface area contributed by atoms with Crippen LogP contribution < -0.4 is 5.32 Å². The van der Waals surface area contributed by atoms with E-state index in [1.807, 2.05) is 48.5 Å². The quantitative estimate of drug-likeness (QED) is 0.479. The molecule has 2 aromatic rings. The molecule has 0 radical (unpaired) electrons. The summed E-state index contributed by atoms with van der Waals surface area (Å²) in [5.74, 6) is -1.92. The summed E-state index contributed by atoms with van der Waals surface area (Å²) in [5.41, 5.74) is -0.791. The Kier molecular flexibility index (Phi) is 6.20. The van der Waals surface area contributed by atoms with Crippen molar-refractivity contribution in [2.75, 3.05) is 20.2 Å². The van der Waals surface area contributed by atoms with Gasteiger partial charge in [-0.3, -0.25) is 4.79 Å². The van der Waals surface area contributed by atoms with Crippen molar-refractivity contribution in [2.24, 2.45) is 0 Å². The van der Waals surface area contributed by atoms with Crippen LogP contribution in [0.2, 0.25) is 0 Å². The average Bonchev–Trinajstić information content (AvgIpc) is 3.24. The fraction of sp³-hybridized carbons (Fsp3) is 0.391. The van der Waals surface area contributed by atoms with Gasteiger partial charge in [-0.05, 0) is 35.7 Å². The fourth-order valence-corrected chi connectivity index (χ4v) is 4.61. The summed E-state index contributed by atoms with van der Waals surface area (Å²) in [7, 11) is 0.504. The van der Waals surface area contributed by atoms with Crippen molar-refractivity contribution in [3.05, 3.63) is 59.7 Å². The first-order chi connectivity index (χ1) is 16.4. The SMILES string of the molecule is CN1[C@@H](CCNC(=O)OCC2c3ccccc3-c3ccccc32)C(=O)OC1(C(F)(F)F)C(F)(F)F. The lowest BCUT2D eigenvalue weighted by Gasteiger charge is -2.37. The number of ether oxygens (including phenoxy) is 2. The number of nitrogens with one attached hydrogen (secondary N) is 1. The van der Waals surface area contributed by atoms with Gasteiger partial charge in [0.1, 0.15) is 12.6 Å². The van der Waals surface area contributed by atoms with E-state index in [1.54, 1.807) is 0 Å². The number of rotatable bonds is 5. The highest BCUT2D eigenvalue weighted by atomic mass is 19.4. The molecule has 1 saturated heterocycles. The van der Waals surface area contributed by atoms with E-state index in [9.17, 15) is 35.9 Å². The monoisotopic (exact) mass is 502 g/mol. The maximum absolute atomic E-state index is 13.3. The zero-order chi connectivity index (χ0) is 25.6. The molecule has 1 amide bonds. The normalized spacial score (nSPS) is 19.7. The highest BCUT2D eigenvalue weighted by Gasteiger charge is 2.80. The molecule has 1 fully saturated rings. The molecule has 1 heterocycles. The van der Waals surface area contributed by atoms with Crippen molar-refractivity contribution in [3.8, 4) is 11.1 Å². The first-order valence-electron chi connectivity index (χ1n) is 10.6. The van der Waals surface area contributed by atoms with Gasteiger partial charge >= 0.3 is 30.1 Å². The topological polar surface area (TPSA) is 67.9 Å². The molecule has 188 valence electrons. The first kappa shape index (κ1) is 24.8. The third-order valence-corrected chi connectivity index (χ3v) is 6.28. The van der Waals surface area contributed by atoms with Crippen molar-refractivity contribution in [1.29, 1.82) is 0 Å². The highest BCUT2D eigenvalue weighted by molar-refractivity contribution is 5.80. The number of esters is 1. The molecule has 1 aliphatic heterocycles. The Hall–Kier alpha value is -3.28. The lowest BCUT2D eigenvalue weighted by atomic mass is 9.98. The molecule has 1 N–H and O–H groups in total. The maximum atomic E-state index is 13.3. The predicted molar refractivity (Wildman–Crippen MR) is 110 cm³/mol. The number of nitrogens with zero attached hydrogens (tertiary/aromatic N) is 1. The number of fused-ring (bicyclic) bond motifs is 3. The van der Waals surface area contributed by atoms with Gasteiger partial charge in [-0.15, -0.1) is 0 Å². The van der Waals surface area contributed by atoms with Gasteiger partial charge in [-0.1, -0.05) is 48.5 Å². The van der Waals surface area contributed by atoms with E-state index < -0.39 is 49.1 Å². The Morgan fingerprint density at radius 1 is 1.00 bits per heavy atom. The highest BCUT2D eigenvalue weighted by Crippen LogP contribution is 2.51. The molecule has 2 aliphatic rings. The van der Waals surface area contributed by atoms with E-state index in [0.717, 1.165) is 22.3 Å². The van der Waals surface area contributed by atoms with Crippen LogP contribution in [0.1, 0.15) is 23.5 Å². The predicted octanol–water partition coefficient (Wildman–Crippen LogP) is 4.59. The van der Waals surface area contributed by atoms with Gasteiger partial charge in [0, 0.05) is 12.5 Å². The van der Waals surface area contributed by atoms with Crippen molar-refractivity contribution >= 4 is 12.1 Å². The minimum Gasteiger partial charge on any atom is -0.449 e. The third-order valence-electron chi connectivity index (χ3n) is 6.28. The summed E-state index contributed by atoms with van der Waals surface area (Å²) in [6, 6.07) is 13.4. The molecule has 0 aromatic heterocycles. The minimum absolute atomic E-state index is 0.0313. The van der Waals surface area contributed by atoms with Crippen LogP contribution in [0.15, 0.2) is 48.5 Å². The second kappa shape index (κ2) is 8.74. The van der Waals surface area contributed by atoms with E-state index in [-0.39, 0.29) is 17.4 Å². The van der Waals surface area contributed by atoms with Gasteiger partial charge in [0.2, 0.25) is 0 Å². The molecule has 0 saturated carbocycles. The lowest BCUT2D eigenvalue weighted by Crippen LogP contribution is -2.65. The Labute approximate surface area is 195 Å². The molecule has 2 aromatic carbocycles. The van der Waals surface area contributed by atoms with Crippen molar-refractivity contribution in [1.82, 2.24) is 10.2 Å². The Morgan fingerprint density at radius 3 is 2.00 bits per heavy atom. The number of carbonyl (C=O) groups is 2. The molecule has 35 heavy (non-hydrogen) atoms. The minimum atomic E-state index is -5.91. The largest absolute Gasteiger partial charge is 0.453 e. The van der Waals surface area contributed by atoms with Crippen LogP contribution in [-0.2, 0) is 14.3 Å². The Morgan fingerprint density at radius 2 is 1.51 bits per heavy atom. The summed E-state index contributed by atoms with van der Waals surface area (Å²) in [6.07, 6.45) is -13.3. The van der Waals surface area contributed by atoms with E-state index in [1.165, 1.54) is 0 Å². The molecular weight excluding hydrogens is 482 g/mol. The average molecular weight is 502 g/mol. The van der Waals surface area contributed by atoms with Crippen LogP contribution in [0.3, 0.4) is 0 Å². The number of carbonyl (C=O) groups excluding carboxylic acids is 2.